The van der Waals surface area contributed by atoms with E-state index >= 15 is 0 Å². The van der Waals surface area contributed by atoms with Gasteiger partial charge in [-0.25, -0.2) is 4.68 Å². The molecule has 0 saturated carbocycles. The van der Waals surface area contributed by atoms with Crippen molar-refractivity contribution < 1.29 is 4.74 Å². The van der Waals surface area contributed by atoms with E-state index in [1.807, 2.05) is 29.8 Å². The van der Waals surface area contributed by atoms with E-state index in [0.717, 1.165) is 44.3 Å². The zero-order chi connectivity index (χ0) is 23.9. The molecule has 7 heteroatoms. The Kier molecular flexibility index (Phi) is 7.46. The van der Waals surface area contributed by atoms with Crippen molar-refractivity contribution in [3.8, 4) is 5.75 Å². The Morgan fingerprint density at radius 2 is 1.40 bits per heavy atom. The molecule has 3 aromatic carbocycles. The predicted molar refractivity (Wildman–Crippen MR) is 136 cm³/mol. The Hall–Kier alpha value is -3.55. The Labute approximate surface area is 206 Å². The second-order valence-electron chi connectivity index (χ2n) is 8.88. The first-order valence-corrected chi connectivity index (χ1v) is 12.3. The average Bonchev–Trinajstić information content (AvgIpc) is 3.35. The minimum Gasteiger partial charge on any atom is -0.494 e. The van der Waals surface area contributed by atoms with Crippen LogP contribution in [-0.2, 0) is 13.1 Å². The zero-order valence-corrected chi connectivity index (χ0v) is 20.2. The molecule has 0 amide bonds. The van der Waals surface area contributed by atoms with E-state index in [1.54, 1.807) is 0 Å². The maximum absolute atomic E-state index is 5.68. The SMILES string of the molecule is CCOc1ccc(C(c2nnnn2Cc2ccccc2)N2CCN(Cc3ccccc3)CC2)cc1. The molecule has 0 N–H and O–H groups in total. The van der Waals surface area contributed by atoms with Crippen LogP contribution >= 0.6 is 0 Å². The number of tetrazole rings is 1. The molecule has 1 fully saturated rings. The van der Waals surface area contributed by atoms with Gasteiger partial charge < -0.3 is 4.74 Å². The van der Waals surface area contributed by atoms with Crippen molar-refractivity contribution in [3.05, 3.63) is 107 Å². The van der Waals surface area contributed by atoms with Gasteiger partial charge in [0.05, 0.1) is 19.2 Å². The lowest BCUT2D eigenvalue weighted by atomic mass is 10.0. The predicted octanol–water partition coefficient (Wildman–Crippen LogP) is 4.03. The summed E-state index contributed by atoms with van der Waals surface area (Å²) in [6.07, 6.45) is 0. The van der Waals surface area contributed by atoms with Gasteiger partial charge in [-0.1, -0.05) is 72.8 Å². The first kappa shape index (κ1) is 23.2. The van der Waals surface area contributed by atoms with E-state index < -0.39 is 0 Å². The fourth-order valence-electron chi connectivity index (χ4n) is 4.73. The molecule has 0 bridgehead atoms. The fourth-order valence-corrected chi connectivity index (χ4v) is 4.73. The van der Waals surface area contributed by atoms with E-state index in [4.69, 9.17) is 4.74 Å². The Morgan fingerprint density at radius 3 is 2.03 bits per heavy atom. The fraction of sp³-hybridized carbons (Fsp3) is 0.321. The molecule has 1 aliphatic heterocycles. The molecule has 0 radical (unpaired) electrons. The summed E-state index contributed by atoms with van der Waals surface area (Å²) in [6, 6.07) is 29.4. The number of ether oxygens (including phenoxy) is 1. The molecule has 5 rings (SSSR count). The van der Waals surface area contributed by atoms with Gasteiger partial charge in [-0.3, -0.25) is 9.80 Å². The smallest absolute Gasteiger partial charge is 0.173 e. The molecular formula is C28H32N6O. The van der Waals surface area contributed by atoms with Crippen molar-refractivity contribution in [1.82, 2.24) is 30.0 Å². The highest BCUT2D eigenvalue weighted by molar-refractivity contribution is 5.32. The van der Waals surface area contributed by atoms with Crippen LogP contribution < -0.4 is 4.74 Å². The molecule has 35 heavy (non-hydrogen) atoms. The Morgan fingerprint density at radius 1 is 0.771 bits per heavy atom. The van der Waals surface area contributed by atoms with Crippen molar-refractivity contribution in [1.29, 1.82) is 0 Å². The summed E-state index contributed by atoms with van der Waals surface area (Å²) < 4.78 is 7.62. The summed E-state index contributed by atoms with van der Waals surface area (Å²) in [5, 5.41) is 13.0. The minimum atomic E-state index is -0.0248. The number of hydrogen-bond acceptors (Lipinski definition) is 6. The van der Waals surface area contributed by atoms with E-state index in [1.165, 1.54) is 16.7 Å². The zero-order valence-electron chi connectivity index (χ0n) is 20.2. The van der Waals surface area contributed by atoms with Gasteiger partial charge in [-0.05, 0) is 46.2 Å². The number of benzene rings is 3. The second kappa shape index (κ2) is 11.3. The van der Waals surface area contributed by atoms with Crippen molar-refractivity contribution in [2.24, 2.45) is 0 Å². The summed E-state index contributed by atoms with van der Waals surface area (Å²) in [5.74, 6) is 1.75. The van der Waals surface area contributed by atoms with Crippen LogP contribution in [0.3, 0.4) is 0 Å². The van der Waals surface area contributed by atoms with Crippen LogP contribution in [0.1, 0.15) is 35.5 Å². The minimum absolute atomic E-state index is 0.0248. The first-order valence-electron chi connectivity index (χ1n) is 12.3. The lowest BCUT2D eigenvalue weighted by Gasteiger charge is -2.39. The molecule has 1 aliphatic rings. The van der Waals surface area contributed by atoms with E-state index in [-0.39, 0.29) is 6.04 Å². The first-order chi connectivity index (χ1) is 17.3. The van der Waals surface area contributed by atoms with Gasteiger partial charge in [0.25, 0.3) is 0 Å². The van der Waals surface area contributed by atoms with Crippen LogP contribution in [0.5, 0.6) is 5.75 Å². The third kappa shape index (κ3) is 5.75. The molecule has 7 nitrogen and oxygen atoms in total. The van der Waals surface area contributed by atoms with Crippen LogP contribution in [0.4, 0.5) is 0 Å². The lowest BCUT2D eigenvalue weighted by Crippen LogP contribution is -2.48. The van der Waals surface area contributed by atoms with Crippen LogP contribution in [0.2, 0.25) is 0 Å². The summed E-state index contributed by atoms with van der Waals surface area (Å²) in [6.45, 7) is 8.18. The van der Waals surface area contributed by atoms with Gasteiger partial charge in [0.1, 0.15) is 5.75 Å². The topological polar surface area (TPSA) is 59.3 Å². The van der Waals surface area contributed by atoms with E-state index in [9.17, 15) is 0 Å². The standard InChI is InChI=1S/C28H32N6O/c1-2-35-26-15-13-25(14-16-26)27(28-29-30-31-34(28)22-24-11-7-4-8-12-24)33-19-17-32(18-20-33)21-23-9-5-3-6-10-23/h3-16,27H,2,17-22H2,1H3. The molecular weight excluding hydrogens is 436 g/mol. The Balaban J connectivity index is 1.38. The van der Waals surface area contributed by atoms with Gasteiger partial charge in [0.15, 0.2) is 5.82 Å². The molecule has 180 valence electrons. The van der Waals surface area contributed by atoms with Gasteiger partial charge in [-0.15, -0.1) is 5.10 Å². The quantitative estimate of drug-likeness (QED) is 0.370. The number of rotatable bonds is 9. The van der Waals surface area contributed by atoms with Crippen molar-refractivity contribution in [2.45, 2.75) is 26.1 Å². The Bertz CT molecular complexity index is 1170. The second-order valence-corrected chi connectivity index (χ2v) is 8.88. The highest BCUT2D eigenvalue weighted by Crippen LogP contribution is 2.30. The van der Waals surface area contributed by atoms with Crippen LogP contribution in [0.25, 0.3) is 0 Å². The van der Waals surface area contributed by atoms with Crippen LogP contribution in [-0.4, -0.2) is 62.8 Å². The summed E-state index contributed by atoms with van der Waals surface area (Å²) in [5.41, 5.74) is 3.71. The molecule has 0 aliphatic carbocycles. The van der Waals surface area contributed by atoms with Crippen molar-refractivity contribution >= 4 is 0 Å². The maximum Gasteiger partial charge on any atom is 0.173 e. The monoisotopic (exact) mass is 468 g/mol. The van der Waals surface area contributed by atoms with Gasteiger partial charge >= 0.3 is 0 Å². The molecule has 0 spiro atoms. The number of nitrogens with zero attached hydrogens (tertiary/aromatic N) is 6. The molecule has 1 unspecified atom stereocenters. The largest absolute Gasteiger partial charge is 0.494 e. The number of piperazine rings is 1. The number of hydrogen-bond donors (Lipinski definition) is 0. The molecule has 1 atom stereocenters. The van der Waals surface area contributed by atoms with Gasteiger partial charge in [0.2, 0.25) is 0 Å². The molecule has 2 heterocycles. The molecule has 1 saturated heterocycles. The van der Waals surface area contributed by atoms with Crippen molar-refractivity contribution in [2.75, 3.05) is 32.8 Å². The summed E-state index contributed by atoms with van der Waals surface area (Å²) in [7, 11) is 0. The van der Waals surface area contributed by atoms with Crippen LogP contribution in [0, 0.1) is 0 Å². The molecule has 4 aromatic rings. The molecule has 1 aromatic heterocycles. The van der Waals surface area contributed by atoms with Gasteiger partial charge in [0, 0.05) is 32.7 Å². The normalized spacial score (nSPS) is 15.7. The highest BCUT2D eigenvalue weighted by Gasteiger charge is 2.30. The van der Waals surface area contributed by atoms with E-state index in [0.29, 0.717) is 13.2 Å². The highest BCUT2D eigenvalue weighted by atomic mass is 16.5. The van der Waals surface area contributed by atoms with Gasteiger partial charge in [-0.2, -0.15) is 0 Å². The van der Waals surface area contributed by atoms with E-state index in [2.05, 4.69) is 92.1 Å². The summed E-state index contributed by atoms with van der Waals surface area (Å²) in [4.78, 5) is 5.03. The lowest BCUT2D eigenvalue weighted by molar-refractivity contribution is 0.100. The van der Waals surface area contributed by atoms with Crippen LogP contribution in [0.15, 0.2) is 84.9 Å². The third-order valence-electron chi connectivity index (χ3n) is 6.51. The van der Waals surface area contributed by atoms with Crippen molar-refractivity contribution in [3.63, 3.8) is 0 Å². The third-order valence-corrected chi connectivity index (χ3v) is 6.51. The average molecular weight is 469 g/mol. The summed E-state index contributed by atoms with van der Waals surface area (Å²) >= 11 is 0. The number of aromatic nitrogens is 4. The maximum atomic E-state index is 5.68.